The Hall–Kier alpha value is 0.220. The van der Waals surface area contributed by atoms with Gasteiger partial charge >= 0.3 is 0 Å². The van der Waals surface area contributed by atoms with Gasteiger partial charge in [-0.15, -0.1) is 0 Å². The lowest BCUT2D eigenvalue weighted by Crippen LogP contribution is -1.88. The van der Waals surface area contributed by atoms with Gasteiger partial charge in [-0.3, -0.25) is 19.2 Å². The van der Waals surface area contributed by atoms with E-state index in [4.69, 9.17) is 23.2 Å². The molecule has 8 heteroatoms. The average Bonchev–Trinajstić information content (AvgIpc) is 2.59. The second-order valence-electron chi connectivity index (χ2n) is 6.66. The first kappa shape index (κ1) is 30.4. The van der Waals surface area contributed by atoms with Gasteiger partial charge in [0, 0.05) is 25.7 Å². The number of carbonyl (C=O) groups excluding carboxylic acids is 4. The monoisotopic (exact) mass is 564 g/mol. The van der Waals surface area contributed by atoms with Crippen molar-refractivity contribution in [2.75, 3.05) is 0 Å². The molecule has 164 valence electrons. The van der Waals surface area contributed by atoms with Gasteiger partial charge in [-0.2, -0.15) is 0 Å². The Balaban J connectivity index is 0. The largest absolute Gasteiger partial charge is 0.287 e. The second-order valence-corrected chi connectivity index (χ2v) is 9.28. The standard InChI is InChI=1S/C10H16Br2O2.C10H16Cl2O2/c2*11-9(13)7-5-3-1-2-4-6-8-10(12)14/h2*1-8H2. The van der Waals surface area contributed by atoms with E-state index in [1.54, 1.807) is 0 Å². The van der Waals surface area contributed by atoms with Crippen LogP contribution in [-0.2, 0) is 19.2 Å². The van der Waals surface area contributed by atoms with Crippen molar-refractivity contribution in [3.63, 3.8) is 0 Å². The van der Waals surface area contributed by atoms with Gasteiger partial charge in [0.2, 0.25) is 10.5 Å². The molecule has 0 saturated heterocycles. The molecule has 0 aliphatic heterocycles. The summed E-state index contributed by atoms with van der Waals surface area (Å²) in [5.74, 6) is 0. The Morgan fingerprint density at radius 1 is 0.429 bits per heavy atom. The van der Waals surface area contributed by atoms with Gasteiger partial charge in [-0.1, -0.05) is 51.4 Å². The van der Waals surface area contributed by atoms with Crippen LogP contribution < -0.4 is 0 Å². The summed E-state index contributed by atoms with van der Waals surface area (Å²) >= 11 is 16.2. The third-order valence-corrected chi connectivity index (χ3v) is 5.16. The van der Waals surface area contributed by atoms with E-state index < -0.39 is 0 Å². The summed E-state index contributed by atoms with van der Waals surface area (Å²) in [6.07, 6.45) is 14.7. The molecule has 0 atom stereocenters. The third kappa shape index (κ3) is 33.8. The minimum atomic E-state index is -0.252. The normalized spacial score (nSPS) is 10.1. The van der Waals surface area contributed by atoms with Gasteiger partial charge in [0.1, 0.15) is 0 Å². The molecule has 0 aromatic carbocycles. The highest BCUT2D eigenvalue weighted by molar-refractivity contribution is 9.18. The summed E-state index contributed by atoms with van der Waals surface area (Å²) in [7, 11) is 0. The molecular weight excluding hydrogens is 535 g/mol. The van der Waals surface area contributed by atoms with Crippen molar-refractivity contribution in [1.82, 2.24) is 0 Å². The molecule has 0 unspecified atom stereocenters. The number of rotatable bonds is 18. The SMILES string of the molecule is O=C(Br)CCCCCCCCC(=O)Br.O=C(Cl)CCCCCCCCC(=O)Cl. The Morgan fingerprint density at radius 3 is 0.857 bits per heavy atom. The number of hydrogen-bond acceptors (Lipinski definition) is 4. The summed E-state index contributed by atoms with van der Waals surface area (Å²) in [6.45, 7) is 0. The Morgan fingerprint density at radius 2 is 0.643 bits per heavy atom. The number of carbonyl (C=O) groups is 4. The smallest absolute Gasteiger partial charge is 0.221 e. The number of halogens is 4. The van der Waals surface area contributed by atoms with Crippen LogP contribution >= 0.6 is 55.1 Å². The molecule has 4 nitrogen and oxygen atoms in total. The Kier molecular flexibility index (Phi) is 25.5. The van der Waals surface area contributed by atoms with E-state index in [1.165, 1.54) is 0 Å². The molecule has 0 radical (unpaired) electrons. The Labute approximate surface area is 196 Å². The number of hydrogen-bond donors (Lipinski definition) is 0. The molecule has 0 aliphatic carbocycles. The summed E-state index contributed by atoms with van der Waals surface area (Å²) in [4.78, 5) is 41.8. The van der Waals surface area contributed by atoms with Crippen molar-refractivity contribution in [3.05, 3.63) is 0 Å². The van der Waals surface area contributed by atoms with E-state index in [9.17, 15) is 19.2 Å². The van der Waals surface area contributed by atoms with Crippen LogP contribution in [0.2, 0.25) is 0 Å². The summed E-state index contributed by atoms with van der Waals surface area (Å²) in [5, 5.41) is -0.504. The maximum Gasteiger partial charge on any atom is 0.221 e. The molecule has 0 saturated carbocycles. The molecule has 0 rings (SSSR count). The lowest BCUT2D eigenvalue weighted by Gasteiger charge is -1.99. The van der Waals surface area contributed by atoms with E-state index in [0.29, 0.717) is 25.7 Å². The van der Waals surface area contributed by atoms with Crippen molar-refractivity contribution >= 4 is 74.9 Å². The van der Waals surface area contributed by atoms with Crippen molar-refractivity contribution in [1.29, 1.82) is 0 Å². The van der Waals surface area contributed by atoms with Gasteiger partial charge < -0.3 is 0 Å². The summed E-state index contributed by atoms with van der Waals surface area (Å²) < 4.78 is 0.199. The van der Waals surface area contributed by atoms with Crippen LogP contribution in [0, 0.1) is 0 Å². The van der Waals surface area contributed by atoms with Crippen molar-refractivity contribution in [2.24, 2.45) is 0 Å². The summed E-state index contributed by atoms with van der Waals surface area (Å²) in [5.41, 5.74) is 0. The molecule has 28 heavy (non-hydrogen) atoms. The molecule has 0 amide bonds. The van der Waals surface area contributed by atoms with Crippen LogP contribution in [-0.4, -0.2) is 19.9 Å². The van der Waals surface area contributed by atoms with Gasteiger partial charge in [0.15, 0.2) is 9.39 Å². The zero-order valence-corrected chi connectivity index (χ0v) is 21.1. The molecular formula is C20H32Br2Cl2O4. The maximum absolute atomic E-state index is 10.5. The lowest BCUT2D eigenvalue weighted by molar-refractivity contribution is -0.112. The van der Waals surface area contributed by atoms with Crippen LogP contribution in [0.3, 0.4) is 0 Å². The maximum atomic E-state index is 10.5. The van der Waals surface area contributed by atoms with Gasteiger partial charge in [-0.05, 0) is 80.7 Å². The molecule has 0 fully saturated rings. The first-order chi connectivity index (χ1) is 13.3. The molecule has 0 aromatic heterocycles. The van der Waals surface area contributed by atoms with E-state index in [2.05, 4.69) is 31.9 Å². The zero-order chi connectivity index (χ0) is 21.6. The predicted octanol–water partition coefficient (Wildman–Crippen LogP) is 7.59. The van der Waals surface area contributed by atoms with Crippen LogP contribution in [0.4, 0.5) is 0 Å². The highest BCUT2D eigenvalue weighted by Crippen LogP contribution is 2.11. The van der Waals surface area contributed by atoms with E-state index >= 15 is 0 Å². The van der Waals surface area contributed by atoms with Crippen LogP contribution in [0.25, 0.3) is 0 Å². The first-order valence-corrected chi connectivity index (χ1v) is 12.3. The lowest BCUT2D eigenvalue weighted by atomic mass is 10.1. The third-order valence-electron chi connectivity index (χ3n) is 3.99. The summed E-state index contributed by atoms with van der Waals surface area (Å²) in [6, 6.07) is 0. The van der Waals surface area contributed by atoms with E-state index in [-0.39, 0.29) is 19.9 Å². The van der Waals surface area contributed by atoms with Gasteiger partial charge in [-0.25, -0.2) is 0 Å². The molecule has 0 aliphatic rings. The molecule has 0 N–H and O–H groups in total. The van der Waals surface area contributed by atoms with Crippen LogP contribution in [0.15, 0.2) is 0 Å². The second kappa shape index (κ2) is 23.5. The highest BCUT2D eigenvalue weighted by Gasteiger charge is 1.98. The minimum absolute atomic E-state index is 0.0994. The highest BCUT2D eigenvalue weighted by atomic mass is 79.9. The number of unbranched alkanes of at least 4 members (excludes halogenated alkanes) is 10. The van der Waals surface area contributed by atoms with Crippen molar-refractivity contribution < 1.29 is 19.2 Å². The Bertz CT molecular complexity index is 366. The van der Waals surface area contributed by atoms with Gasteiger partial charge in [0.05, 0.1) is 0 Å². The van der Waals surface area contributed by atoms with E-state index in [1.807, 2.05) is 0 Å². The fraction of sp³-hybridized carbons (Fsp3) is 0.800. The fourth-order valence-corrected chi connectivity index (χ4v) is 3.30. The molecule has 0 aromatic rings. The fourth-order valence-electron chi connectivity index (χ4n) is 2.47. The predicted molar refractivity (Wildman–Crippen MR) is 123 cm³/mol. The topological polar surface area (TPSA) is 68.3 Å². The van der Waals surface area contributed by atoms with Crippen molar-refractivity contribution in [2.45, 2.75) is 103 Å². The van der Waals surface area contributed by atoms with Crippen LogP contribution in [0.5, 0.6) is 0 Å². The zero-order valence-electron chi connectivity index (χ0n) is 16.5. The molecule has 0 bridgehead atoms. The molecule has 0 heterocycles. The minimum Gasteiger partial charge on any atom is -0.287 e. The van der Waals surface area contributed by atoms with E-state index in [0.717, 1.165) is 77.0 Å². The molecule has 0 spiro atoms. The van der Waals surface area contributed by atoms with Crippen LogP contribution in [0.1, 0.15) is 103 Å². The first-order valence-electron chi connectivity index (χ1n) is 9.99. The average molecular weight is 567 g/mol. The van der Waals surface area contributed by atoms with Gasteiger partial charge in [0.25, 0.3) is 0 Å². The van der Waals surface area contributed by atoms with Crippen molar-refractivity contribution in [3.8, 4) is 0 Å². The quantitative estimate of drug-likeness (QED) is 0.127.